The standard InChI is InChI=1S/C61H54.C2H6.H2O/c1-4-17-54(58-39-53(58)38-57(46-22-13-7-14-23-46)47-24-15-8-16-25-47)51-33-35-56-55-34-32-50(40-59(55)61(2,3)60(56)41-51)44-26-28-45(29-27-44)52-36-48(42-18-9-5-10-19-42)30-31-49(37-52)43-20-11-6-12-21-43;1-2;/h4-37,40-41,48,53,55,57-59H,1,38-39H2,2-3H3;1-2H3;1H2/b54-17-;;. The highest BCUT2D eigenvalue weighted by atomic mass is 16.0. The highest BCUT2D eigenvalue weighted by molar-refractivity contribution is 5.90. The van der Waals surface area contributed by atoms with E-state index in [0.717, 1.165) is 6.42 Å². The summed E-state index contributed by atoms with van der Waals surface area (Å²) in [4.78, 5) is 0. The molecule has 4 aliphatic carbocycles. The van der Waals surface area contributed by atoms with E-state index >= 15 is 0 Å². The summed E-state index contributed by atoms with van der Waals surface area (Å²) in [5, 5.41) is 0. The first kappa shape index (κ1) is 44.1. The lowest BCUT2D eigenvalue weighted by Gasteiger charge is -2.31. The molecule has 0 spiro atoms. The molecule has 5 atom stereocenters. The molecule has 2 N–H and O–H groups in total. The zero-order chi connectivity index (χ0) is 43.3. The number of allylic oxidation sites excluding steroid dienone is 13. The Balaban J connectivity index is 0.00000184. The summed E-state index contributed by atoms with van der Waals surface area (Å²) >= 11 is 0. The highest BCUT2D eigenvalue weighted by Crippen LogP contribution is 2.57. The van der Waals surface area contributed by atoms with Crippen LogP contribution in [0.3, 0.4) is 0 Å². The number of benzene rings is 6. The summed E-state index contributed by atoms with van der Waals surface area (Å²) < 4.78 is 0. The Labute approximate surface area is 382 Å². The van der Waals surface area contributed by atoms with Gasteiger partial charge in [0.1, 0.15) is 0 Å². The largest absolute Gasteiger partial charge is 0.412 e. The van der Waals surface area contributed by atoms with Crippen molar-refractivity contribution in [1.29, 1.82) is 0 Å². The molecule has 1 saturated carbocycles. The molecule has 6 aromatic rings. The highest BCUT2D eigenvalue weighted by Gasteiger charge is 2.46. The van der Waals surface area contributed by atoms with E-state index in [0.29, 0.717) is 29.6 Å². The van der Waals surface area contributed by atoms with E-state index in [1.807, 2.05) is 19.9 Å². The van der Waals surface area contributed by atoms with Gasteiger partial charge in [-0.2, -0.15) is 0 Å². The summed E-state index contributed by atoms with van der Waals surface area (Å²) in [6, 6.07) is 60.4. The fraction of sp³-hybridized carbons (Fsp3) is 0.206. The van der Waals surface area contributed by atoms with Gasteiger partial charge >= 0.3 is 0 Å². The van der Waals surface area contributed by atoms with E-state index < -0.39 is 0 Å². The molecule has 0 aromatic heterocycles. The topological polar surface area (TPSA) is 31.5 Å². The van der Waals surface area contributed by atoms with Gasteiger partial charge in [-0.1, -0.05) is 247 Å². The zero-order valence-electron chi connectivity index (χ0n) is 37.9. The van der Waals surface area contributed by atoms with Gasteiger partial charge in [-0.3, -0.25) is 0 Å². The fourth-order valence-corrected chi connectivity index (χ4v) is 10.6. The number of hydrogen-bond donors (Lipinski definition) is 0. The third-order valence-corrected chi connectivity index (χ3v) is 14.1. The van der Waals surface area contributed by atoms with Crippen LogP contribution in [0.4, 0.5) is 0 Å². The van der Waals surface area contributed by atoms with E-state index in [1.54, 1.807) is 0 Å². The average molecular weight is 835 g/mol. The van der Waals surface area contributed by atoms with Gasteiger partial charge in [-0.15, -0.1) is 0 Å². The minimum absolute atomic E-state index is 0. The van der Waals surface area contributed by atoms with Crippen molar-refractivity contribution in [3.05, 3.63) is 275 Å². The molecular formula is C63H62O. The maximum absolute atomic E-state index is 4.18. The predicted molar refractivity (Wildman–Crippen MR) is 274 cm³/mol. The van der Waals surface area contributed by atoms with Crippen molar-refractivity contribution in [3.8, 4) is 0 Å². The van der Waals surface area contributed by atoms with Crippen molar-refractivity contribution >= 4 is 22.3 Å². The summed E-state index contributed by atoms with van der Waals surface area (Å²) in [5.41, 5.74) is 17.4. The normalized spacial score (nSPS) is 21.4. The Morgan fingerprint density at radius 1 is 0.641 bits per heavy atom. The zero-order valence-corrected chi connectivity index (χ0v) is 37.9. The van der Waals surface area contributed by atoms with Crippen LogP contribution in [0.5, 0.6) is 0 Å². The maximum Gasteiger partial charge on any atom is 0.0210 e. The molecule has 0 bridgehead atoms. The van der Waals surface area contributed by atoms with Crippen molar-refractivity contribution in [2.75, 3.05) is 0 Å². The van der Waals surface area contributed by atoms with Gasteiger partial charge in [0.25, 0.3) is 0 Å². The predicted octanol–water partition coefficient (Wildman–Crippen LogP) is 15.8. The summed E-state index contributed by atoms with van der Waals surface area (Å²) in [6.07, 6.45) is 23.5. The molecule has 1 fully saturated rings. The van der Waals surface area contributed by atoms with Gasteiger partial charge in [-0.25, -0.2) is 0 Å². The van der Waals surface area contributed by atoms with Crippen LogP contribution in [0, 0.1) is 17.8 Å². The van der Waals surface area contributed by atoms with Crippen LogP contribution in [0.2, 0.25) is 0 Å². The Hall–Kier alpha value is -6.54. The minimum Gasteiger partial charge on any atom is -0.412 e. The molecule has 0 amide bonds. The Bertz CT molecular complexity index is 2690. The molecule has 0 radical (unpaired) electrons. The van der Waals surface area contributed by atoms with Gasteiger partial charge in [0.2, 0.25) is 0 Å². The smallest absolute Gasteiger partial charge is 0.0210 e. The second-order valence-corrected chi connectivity index (χ2v) is 18.1. The van der Waals surface area contributed by atoms with Crippen molar-refractivity contribution in [3.63, 3.8) is 0 Å². The van der Waals surface area contributed by atoms with Crippen LogP contribution in [0.15, 0.2) is 225 Å². The Morgan fingerprint density at radius 2 is 1.20 bits per heavy atom. The lowest BCUT2D eigenvalue weighted by atomic mass is 9.72. The van der Waals surface area contributed by atoms with Gasteiger partial charge in [-0.05, 0) is 114 Å². The molecule has 320 valence electrons. The summed E-state index contributed by atoms with van der Waals surface area (Å²) in [6.45, 7) is 13.1. The second-order valence-electron chi connectivity index (χ2n) is 18.1. The molecule has 0 aliphatic heterocycles. The molecule has 1 nitrogen and oxygen atoms in total. The summed E-state index contributed by atoms with van der Waals surface area (Å²) in [5.74, 6) is 2.54. The van der Waals surface area contributed by atoms with E-state index in [-0.39, 0.29) is 16.8 Å². The third-order valence-electron chi connectivity index (χ3n) is 14.1. The van der Waals surface area contributed by atoms with Crippen molar-refractivity contribution in [1.82, 2.24) is 0 Å². The quantitative estimate of drug-likeness (QED) is 0.116. The van der Waals surface area contributed by atoms with Gasteiger partial charge in [0.15, 0.2) is 0 Å². The van der Waals surface area contributed by atoms with Crippen LogP contribution in [-0.2, 0) is 5.41 Å². The Kier molecular flexibility index (Phi) is 13.4. The van der Waals surface area contributed by atoms with E-state index in [4.69, 9.17) is 0 Å². The molecule has 4 aliphatic rings. The van der Waals surface area contributed by atoms with Crippen LogP contribution in [0.25, 0.3) is 22.3 Å². The number of fused-ring (bicyclic) bond motifs is 3. The third kappa shape index (κ3) is 8.96. The molecule has 6 aromatic carbocycles. The lowest BCUT2D eigenvalue weighted by Crippen LogP contribution is -2.25. The van der Waals surface area contributed by atoms with Crippen LogP contribution < -0.4 is 0 Å². The molecule has 64 heavy (non-hydrogen) atoms. The minimum atomic E-state index is -0.0108. The molecule has 10 rings (SSSR count). The molecule has 1 heteroatoms. The summed E-state index contributed by atoms with van der Waals surface area (Å²) in [7, 11) is 0. The van der Waals surface area contributed by atoms with Crippen molar-refractivity contribution < 1.29 is 5.48 Å². The first-order chi connectivity index (χ1) is 30.9. The van der Waals surface area contributed by atoms with Crippen molar-refractivity contribution in [2.45, 2.75) is 63.7 Å². The molecule has 0 saturated heterocycles. The van der Waals surface area contributed by atoms with Crippen LogP contribution >= 0.6 is 0 Å². The number of rotatable bonds is 11. The first-order valence-corrected chi connectivity index (χ1v) is 23.2. The van der Waals surface area contributed by atoms with Gasteiger partial charge < -0.3 is 5.48 Å². The van der Waals surface area contributed by atoms with E-state index in [1.165, 1.54) is 78.8 Å². The maximum atomic E-state index is 4.18. The van der Waals surface area contributed by atoms with Gasteiger partial charge in [0, 0.05) is 17.8 Å². The molecular weight excluding hydrogens is 773 g/mol. The van der Waals surface area contributed by atoms with Crippen LogP contribution in [0.1, 0.15) is 108 Å². The van der Waals surface area contributed by atoms with Crippen LogP contribution in [-0.4, -0.2) is 5.48 Å². The lowest BCUT2D eigenvalue weighted by molar-refractivity contribution is 0.395. The van der Waals surface area contributed by atoms with Crippen molar-refractivity contribution in [2.24, 2.45) is 17.8 Å². The van der Waals surface area contributed by atoms with E-state index in [2.05, 4.69) is 233 Å². The monoisotopic (exact) mass is 834 g/mol. The second kappa shape index (κ2) is 19.5. The van der Waals surface area contributed by atoms with E-state index in [9.17, 15) is 0 Å². The fourth-order valence-electron chi connectivity index (χ4n) is 10.6. The van der Waals surface area contributed by atoms with Gasteiger partial charge in [0.05, 0.1) is 0 Å². The SMILES string of the molecule is C=C/C=C(/c1ccc2c(c1)C(C)(C)C1C=C(c3ccc(C4=CC(c5ccccc5)C=CC(c5ccccc5)=C4)cc3)C=CC21)C1CC1CC(c1ccccc1)c1ccccc1.CC.O. The number of hydrogen-bond acceptors (Lipinski definition) is 0. The molecule has 0 heterocycles. The Morgan fingerprint density at radius 3 is 1.83 bits per heavy atom. The first-order valence-electron chi connectivity index (χ1n) is 23.2. The molecule has 5 unspecified atom stereocenters. The average Bonchev–Trinajstić information content (AvgIpc) is 4.12.